The summed E-state index contributed by atoms with van der Waals surface area (Å²) >= 11 is 3.79. The van der Waals surface area contributed by atoms with Crippen LogP contribution in [0.2, 0.25) is 0 Å². The van der Waals surface area contributed by atoms with Gasteiger partial charge in [-0.3, -0.25) is 0 Å². The summed E-state index contributed by atoms with van der Waals surface area (Å²) in [6.45, 7) is 2.82. The quantitative estimate of drug-likeness (QED) is 0.528. The molecule has 1 saturated carbocycles. The van der Waals surface area contributed by atoms with Gasteiger partial charge in [0.25, 0.3) is 0 Å². The van der Waals surface area contributed by atoms with E-state index in [-0.39, 0.29) is 0 Å². The molecule has 70 valence electrons. The third-order valence-electron chi connectivity index (χ3n) is 3.29. The highest BCUT2D eigenvalue weighted by Gasteiger charge is 2.41. The molecule has 0 aromatic heterocycles. The Labute approximate surface area is 79.2 Å². The van der Waals surface area contributed by atoms with E-state index in [0.29, 0.717) is 5.41 Å². The zero-order valence-electron chi connectivity index (χ0n) is 7.29. The Morgan fingerprint density at radius 3 is 2.42 bits per heavy atom. The van der Waals surface area contributed by atoms with Crippen LogP contribution in [0.3, 0.4) is 0 Å². The second-order valence-electron chi connectivity index (χ2n) is 4.23. The Kier molecular flexibility index (Phi) is 2.63. The molecule has 0 atom stereocenters. The van der Waals surface area contributed by atoms with E-state index >= 15 is 0 Å². The third kappa shape index (κ3) is 1.63. The molecule has 0 amide bonds. The Bertz CT molecular complexity index is 147. The highest BCUT2D eigenvalue weighted by molar-refractivity contribution is 7.75. The highest BCUT2D eigenvalue weighted by Crippen LogP contribution is 2.44. The highest BCUT2D eigenvalue weighted by atomic mass is 32.1. The topological polar surface area (TPSA) is 18.5 Å². The molecule has 12 heavy (non-hydrogen) atoms. The average Bonchev–Trinajstić information content (AvgIpc) is 2.04. The zero-order valence-corrected chi connectivity index (χ0v) is 8.19. The number of rotatable bonds is 2. The van der Waals surface area contributed by atoms with Gasteiger partial charge in [0.2, 0.25) is 0 Å². The SMILES string of the molecule is SOCC1CCC2(CC1)COC2. The Hall–Kier alpha value is 0.270. The van der Waals surface area contributed by atoms with Crippen molar-refractivity contribution < 1.29 is 8.92 Å². The first kappa shape index (κ1) is 8.85. The maximum absolute atomic E-state index is 5.26. The molecule has 3 heteroatoms. The van der Waals surface area contributed by atoms with Gasteiger partial charge in [0.15, 0.2) is 0 Å². The average molecular weight is 188 g/mol. The first-order chi connectivity index (χ1) is 5.85. The summed E-state index contributed by atoms with van der Waals surface area (Å²) in [6, 6.07) is 0. The van der Waals surface area contributed by atoms with E-state index in [1.165, 1.54) is 25.7 Å². The fourth-order valence-electron chi connectivity index (χ4n) is 2.24. The van der Waals surface area contributed by atoms with Gasteiger partial charge in [-0.15, -0.1) is 0 Å². The van der Waals surface area contributed by atoms with E-state index in [2.05, 4.69) is 12.9 Å². The minimum absolute atomic E-state index is 0.576. The first-order valence-corrected chi connectivity index (χ1v) is 5.05. The maximum atomic E-state index is 5.26. The van der Waals surface area contributed by atoms with Gasteiger partial charge in [0, 0.05) is 5.41 Å². The van der Waals surface area contributed by atoms with E-state index in [1.807, 2.05) is 0 Å². The fourth-order valence-corrected chi connectivity index (χ4v) is 2.45. The van der Waals surface area contributed by atoms with Gasteiger partial charge in [-0.2, -0.15) is 0 Å². The van der Waals surface area contributed by atoms with Crippen molar-refractivity contribution in [2.75, 3.05) is 19.8 Å². The van der Waals surface area contributed by atoms with Crippen molar-refractivity contribution in [2.24, 2.45) is 11.3 Å². The Morgan fingerprint density at radius 1 is 1.33 bits per heavy atom. The number of hydrogen-bond donors (Lipinski definition) is 1. The Morgan fingerprint density at radius 2 is 2.00 bits per heavy atom. The third-order valence-corrected chi connectivity index (χ3v) is 3.44. The van der Waals surface area contributed by atoms with Crippen LogP contribution in [0.15, 0.2) is 0 Å². The summed E-state index contributed by atoms with van der Waals surface area (Å²) < 4.78 is 10.1. The number of thiol groups is 1. The molecule has 0 bridgehead atoms. The van der Waals surface area contributed by atoms with Crippen LogP contribution in [0, 0.1) is 11.3 Å². The summed E-state index contributed by atoms with van der Waals surface area (Å²) in [6.07, 6.45) is 5.25. The lowest BCUT2D eigenvalue weighted by atomic mass is 9.69. The van der Waals surface area contributed by atoms with Gasteiger partial charge in [-0.05, 0) is 44.5 Å². The van der Waals surface area contributed by atoms with Gasteiger partial charge in [0.1, 0.15) is 0 Å². The van der Waals surface area contributed by atoms with Crippen molar-refractivity contribution in [1.82, 2.24) is 0 Å². The molecular weight excluding hydrogens is 172 g/mol. The summed E-state index contributed by atoms with van der Waals surface area (Å²) in [5, 5.41) is 0. The zero-order chi connectivity index (χ0) is 8.44. The van der Waals surface area contributed by atoms with Gasteiger partial charge in [-0.1, -0.05) is 0 Å². The molecule has 1 saturated heterocycles. The van der Waals surface area contributed by atoms with E-state index in [0.717, 1.165) is 25.7 Å². The van der Waals surface area contributed by atoms with Gasteiger partial charge in [0.05, 0.1) is 19.8 Å². The first-order valence-electron chi connectivity index (χ1n) is 4.69. The predicted octanol–water partition coefficient (Wildman–Crippen LogP) is 2.05. The number of ether oxygens (including phenoxy) is 1. The van der Waals surface area contributed by atoms with Crippen LogP contribution < -0.4 is 0 Å². The van der Waals surface area contributed by atoms with Crippen molar-refractivity contribution >= 4 is 12.9 Å². The van der Waals surface area contributed by atoms with Crippen LogP contribution >= 0.6 is 12.9 Å². The molecule has 1 heterocycles. The van der Waals surface area contributed by atoms with Crippen molar-refractivity contribution in [2.45, 2.75) is 25.7 Å². The van der Waals surface area contributed by atoms with Crippen LogP contribution in [-0.4, -0.2) is 19.8 Å². The predicted molar refractivity (Wildman–Crippen MR) is 50.1 cm³/mol. The standard InChI is InChI=1S/C9H16O2S/c12-11-5-8-1-3-9(4-2-8)6-10-7-9/h8,12H,1-7H2. The van der Waals surface area contributed by atoms with Crippen molar-refractivity contribution in [3.8, 4) is 0 Å². The molecule has 2 aliphatic rings. The number of hydrogen-bond acceptors (Lipinski definition) is 3. The van der Waals surface area contributed by atoms with Crippen molar-refractivity contribution in [1.29, 1.82) is 0 Å². The van der Waals surface area contributed by atoms with E-state index in [4.69, 9.17) is 8.92 Å². The molecule has 1 aliphatic carbocycles. The second kappa shape index (κ2) is 3.56. The molecule has 2 fully saturated rings. The van der Waals surface area contributed by atoms with Crippen LogP contribution in [-0.2, 0) is 8.92 Å². The minimum Gasteiger partial charge on any atom is -0.380 e. The maximum Gasteiger partial charge on any atom is 0.0638 e. The van der Waals surface area contributed by atoms with Crippen molar-refractivity contribution in [3.63, 3.8) is 0 Å². The lowest BCUT2D eigenvalue weighted by molar-refractivity contribution is -0.137. The van der Waals surface area contributed by atoms with Crippen LogP contribution in [0.4, 0.5) is 0 Å². The molecule has 0 N–H and O–H groups in total. The Balaban J connectivity index is 1.77. The summed E-state index contributed by atoms with van der Waals surface area (Å²) in [5.74, 6) is 0.744. The fraction of sp³-hybridized carbons (Fsp3) is 1.00. The van der Waals surface area contributed by atoms with Gasteiger partial charge < -0.3 is 8.92 Å². The molecule has 0 radical (unpaired) electrons. The molecular formula is C9H16O2S. The smallest absolute Gasteiger partial charge is 0.0638 e. The molecule has 2 rings (SSSR count). The molecule has 2 nitrogen and oxygen atoms in total. The van der Waals surface area contributed by atoms with E-state index in [9.17, 15) is 0 Å². The second-order valence-corrected chi connectivity index (χ2v) is 4.49. The van der Waals surface area contributed by atoms with Gasteiger partial charge >= 0.3 is 0 Å². The molecule has 1 spiro atoms. The summed E-state index contributed by atoms with van der Waals surface area (Å²) in [5.41, 5.74) is 0.576. The summed E-state index contributed by atoms with van der Waals surface area (Å²) in [4.78, 5) is 0. The normalized spacial score (nSPS) is 28.8. The largest absolute Gasteiger partial charge is 0.380 e. The summed E-state index contributed by atoms with van der Waals surface area (Å²) in [7, 11) is 0. The molecule has 0 aromatic carbocycles. The van der Waals surface area contributed by atoms with Crippen LogP contribution in [0.25, 0.3) is 0 Å². The van der Waals surface area contributed by atoms with E-state index < -0.39 is 0 Å². The molecule has 1 aliphatic heterocycles. The van der Waals surface area contributed by atoms with E-state index in [1.54, 1.807) is 0 Å². The minimum atomic E-state index is 0.576. The van der Waals surface area contributed by atoms with Gasteiger partial charge in [-0.25, -0.2) is 0 Å². The van der Waals surface area contributed by atoms with Crippen molar-refractivity contribution in [3.05, 3.63) is 0 Å². The monoisotopic (exact) mass is 188 g/mol. The van der Waals surface area contributed by atoms with Crippen LogP contribution in [0.5, 0.6) is 0 Å². The lowest BCUT2D eigenvalue weighted by Crippen LogP contribution is -2.45. The molecule has 0 unspecified atom stereocenters. The lowest BCUT2D eigenvalue weighted by Gasteiger charge is -2.46. The van der Waals surface area contributed by atoms with Crippen LogP contribution in [0.1, 0.15) is 25.7 Å². The molecule has 0 aromatic rings.